The van der Waals surface area contributed by atoms with E-state index in [4.69, 9.17) is 16.3 Å². The lowest BCUT2D eigenvalue weighted by molar-refractivity contribution is -0.119. The Balaban J connectivity index is 1.82. The van der Waals surface area contributed by atoms with Crippen molar-refractivity contribution in [2.45, 2.75) is 18.4 Å². The lowest BCUT2D eigenvalue weighted by atomic mass is 10.1. The number of hydrogen-bond acceptors (Lipinski definition) is 7. The summed E-state index contributed by atoms with van der Waals surface area (Å²) >= 11 is 6.25. The van der Waals surface area contributed by atoms with Crippen LogP contribution in [0.15, 0.2) is 65.7 Å². The topological polar surface area (TPSA) is 167 Å². The maximum absolute atomic E-state index is 13.7. The Labute approximate surface area is 236 Å². The molecule has 4 N–H and O–H groups in total. The predicted octanol–water partition coefficient (Wildman–Crippen LogP) is 3.02. The Morgan fingerprint density at radius 3 is 2.50 bits per heavy atom. The summed E-state index contributed by atoms with van der Waals surface area (Å²) in [5.41, 5.74) is 1.22. The summed E-state index contributed by atoms with van der Waals surface area (Å²) in [4.78, 5) is 39.9. The molecular formula is C26H28ClN5O7S. The number of anilines is 2. The molecule has 1 aromatic heterocycles. The smallest absolute Gasteiger partial charge is 0.335 e. The fourth-order valence-corrected chi connectivity index (χ4v) is 5.12. The molecule has 3 amide bonds. The van der Waals surface area contributed by atoms with Gasteiger partial charge in [0.15, 0.2) is 0 Å². The summed E-state index contributed by atoms with van der Waals surface area (Å²) in [7, 11) is -2.83. The number of carboxylic acids is 1. The summed E-state index contributed by atoms with van der Waals surface area (Å²) < 4.78 is 33.2. The second kappa shape index (κ2) is 13.7. The zero-order chi connectivity index (χ0) is 29.3. The molecule has 0 saturated carbocycles. The van der Waals surface area contributed by atoms with E-state index in [9.17, 15) is 27.9 Å². The van der Waals surface area contributed by atoms with E-state index in [-0.39, 0.29) is 35.1 Å². The minimum absolute atomic E-state index is 0.0171. The second-order valence-corrected chi connectivity index (χ2v) is 10.7. The van der Waals surface area contributed by atoms with Gasteiger partial charge in [-0.1, -0.05) is 29.8 Å². The first-order chi connectivity index (χ1) is 19.0. The molecule has 0 radical (unpaired) electrons. The highest BCUT2D eigenvalue weighted by molar-refractivity contribution is 7.92. The number of amides is 3. The van der Waals surface area contributed by atoms with Gasteiger partial charge in [-0.05, 0) is 54.4 Å². The van der Waals surface area contributed by atoms with Crippen molar-refractivity contribution in [1.82, 2.24) is 15.6 Å². The number of halogens is 1. The number of carbonyl (C=O) groups excluding carboxylic acids is 2. The van der Waals surface area contributed by atoms with Crippen molar-refractivity contribution in [3.63, 3.8) is 0 Å². The van der Waals surface area contributed by atoms with Crippen LogP contribution in [0.1, 0.15) is 21.5 Å². The molecule has 0 aliphatic heterocycles. The monoisotopic (exact) mass is 589 g/mol. The van der Waals surface area contributed by atoms with Crippen LogP contribution in [0.5, 0.6) is 0 Å². The van der Waals surface area contributed by atoms with Gasteiger partial charge >= 0.3 is 12.0 Å². The average Bonchev–Trinajstić information content (AvgIpc) is 2.93. The van der Waals surface area contributed by atoms with Crippen LogP contribution in [-0.4, -0.2) is 63.2 Å². The van der Waals surface area contributed by atoms with Crippen molar-refractivity contribution in [2.24, 2.45) is 0 Å². The van der Waals surface area contributed by atoms with Crippen molar-refractivity contribution >= 4 is 51.0 Å². The lowest BCUT2D eigenvalue weighted by Gasteiger charge is -2.26. The number of rotatable bonds is 12. The first-order valence-corrected chi connectivity index (χ1v) is 13.7. The third-order valence-corrected chi connectivity index (χ3v) is 7.77. The van der Waals surface area contributed by atoms with E-state index in [2.05, 4.69) is 20.9 Å². The average molecular weight is 590 g/mol. The van der Waals surface area contributed by atoms with E-state index >= 15 is 0 Å². The molecule has 40 heavy (non-hydrogen) atoms. The highest BCUT2D eigenvalue weighted by atomic mass is 35.5. The maximum Gasteiger partial charge on any atom is 0.335 e. The minimum atomic E-state index is -4.32. The van der Waals surface area contributed by atoms with Crippen molar-refractivity contribution in [3.8, 4) is 0 Å². The predicted molar refractivity (Wildman–Crippen MR) is 149 cm³/mol. The molecule has 14 heteroatoms. The molecule has 0 spiro atoms. The Hall–Kier alpha value is -4.20. The summed E-state index contributed by atoms with van der Waals surface area (Å²) in [6, 6.07) is 12.8. The number of sulfonamides is 1. The van der Waals surface area contributed by atoms with Crippen molar-refractivity contribution in [2.75, 3.05) is 36.4 Å². The fourth-order valence-electron chi connectivity index (χ4n) is 3.53. The number of aromatic carboxylic acids is 1. The number of urea groups is 1. The standard InChI is InChI=1S/C26H28ClN5O7S/c1-17-21(27)7-4-8-22(17)32(16-24(33)30-14-18-5-3-6-19(13-18)25(34)35)40(37,38)20-9-10-23(29-15-20)31-26(36)28-11-12-39-2/h3-10,13,15H,11-12,14,16H2,1-2H3,(H,30,33)(H,34,35)(H2,28,29,31,36). The highest BCUT2D eigenvalue weighted by Gasteiger charge is 2.29. The normalized spacial score (nSPS) is 11.0. The Bertz CT molecular complexity index is 1480. The van der Waals surface area contributed by atoms with Gasteiger partial charge in [0.05, 0.1) is 17.9 Å². The molecule has 2 aromatic carbocycles. The number of benzene rings is 2. The summed E-state index contributed by atoms with van der Waals surface area (Å²) in [6.07, 6.45) is 1.07. The van der Waals surface area contributed by atoms with Crippen LogP contribution in [0.25, 0.3) is 0 Å². The number of hydrogen-bond donors (Lipinski definition) is 4. The Kier molecular flexibility index (Phi) is 10.4. The summed E-state index contributed by atoms with van der Waals surface area (Å²) in [5.74, 6) is -1.63. The number of nitrogens with zero attached hydrogens (tertiary/aromatic N) is 2. The molecule has 12 nitrogen and oxygen atoms in total. The zero-order valence-electron chi connectivity index (χ0n) is 21.7. The SMILES string of the molecule is COCCNC(=O)Nc1ccc(S(=O)(=O)N(CC(=O)NCc2cccc(C(=O)O)c2)c2cccc(Cl)c2C)cn1. The van der Waals surface area contributed by atoms with Gasteiger partial charge in [-0.3, -0.25) is 14.4 Å². The number of pyridine rings is 1. The lowest BCUT2D eigenvalue weighted by Crippen LogP contribution is -2.41. The van der Waals surface area contributed by atoms with Gasteiger partial charge in [-0.15, -0.1) is 0 Å². The van der Waals surface area contributed by atoms with Crippen LogP contribution in [0.3, 0.4) is 0 Å². The molecule has 3 rings (SSSR count). The van der Waals surface area contributed by atoms with E-state index in [1.807, 2.05) is 0 Å². The second-order valence-electron chi connectivity index (χ2n) is 8.43. The number of ether oxygens (including phenoxy) is 1. The minimum Gasteiger partial charge on any atom is -0.478 e. The van der Waals surface area contributed by atoms with E-state index in [1.54, 1.807) is 31.2 Å². The van der Waals surface area contributed by atoms with Crippen LogP contribution < -0.4 is 20.3 Å². The number of carboxylic acid groups (broad SMARTS) is 1. The van der Waals surface area contributed by atoms with Gasteiger partial charge in [-0.2, -0.15) is 0 Å². The van der Waals surface area contributed by atoms with Gasteiger partial charge in [0.1, 0.15) is 17.3 Å². The number of carbonyl (C=O) groups is 3. The molecule has 212 valence electrons. The third-order valence-electron chi connectivity index (χ3n) is 5.62. The summed E-state index contributed by atoms with van der Waals surface area (Å²) in [5, 5.41) is 17.2. The molecule has 0 fully saturated rings. The molecule has 0 saturated heterocycles. The van der Waals surface area contributed by atoms with Crippen LogP contribution in [0.2, 0.25) is 5.02 Å². The van der Waals surface area contributed by atoms with Crippen molar-refractivity contribution < 1.29 is 32.6 Å². The van der Waals surface area contributed by atoms with Gasteiger partial charge in [-0.25, -0.2) is 23.0 Å². The molecule has 0 aliphatic rings. The van der Waals surface area contributed by atoms with Crippen molar-refractivity contribution in [3.05, 3.63) is 82.5 Å². The maximum atomic E-state index is 13.7. The van der Waals surface area contributed by atoms with E-state index < -0.39 is 34.5 Å². The fraction of sp³-hybridized carbons (Fsp3) is 0.231. The van der Waals surface area contributed by atoms with E-state index in [0.29, 0.717) is 22.8 Å². The number of nitrogens with one attached hydrogen (secondary N) is 3. The van der Waals surface area contributed by atoms with Gasteiger partial charge in [0.25, 0.3) is 10.0 Å². The van der Waals surface area contributed by atoms with Gasteiger partial charge < -0.3 is 20.5 Å². The molecule has 0 atom stereocenters. The molecule has 1 heterocycles. The Morgan fingerprint density at radius 2 is 1.82 bits per heavy atom. The van der Waals surface area contributed by atoms with Crippen LogP contribution in [-0.2, 0) is 26.1 Å². The summed E-state index contributed by atoms with van der Waals surface area (Å²) in [6.45, 7) is 1.61. The number of aromatic nitrogens is 1. The van der Waals surface area contributed by atoms with Gasteiger partial charge in [0.2, 0.25) is 5.91 Å². The van der Waals surface area contributed by atoms with Crippen molar-refractivity contribution in [1.29, 1.82) is 0 Å². The zero-order valence-corrected chi connectivity index (χ0v) is 23.3. The van der Waals surface area contributed by atoms with E-state index in [1.165, 1.54) is 37.4 Å². The van der Waals surface area contributed by atoms with Gasteiger partial charge in [0, 0.05) is 31.4 Å². The molecule has 0 unspecified atom stereocenters. The van der Waals surface area contributed by atoms with Crippen LogP contribution in [0.4, 0.5) is 16.3 Å². The quantitative estimate of drug-likeness (QED) is 0.234. The van der Waals surface area contributed by atoms with Crippen LogP contribution >= 0.6 is 11.6 Å². The first kappa shape index (κ1) is 30.3. The van der Waals surface area contributed by atoms with E-state index in [0.717, 1.165) is 10.5 Å². The molecule has 0 aliphatic carbocycles. The molecule has 3 aromatic rings. The third kappa shape index (κ3) is 7.91. The number of methoxy groups -OCH3 is 1. The van der Waals surface area contributed by atoms with Crippen LogP contribution in [0, 0.1) is 6.92 Å². The first-order valence-electron chi connectivity index (χ1n) is 11.9. The molecular weight excluding hydrogens is 562 g/mol. The molecule has 0 bridgehead atoms. The largest absolute Gasteiger partial charge is 0.478 e. The Morgan fingerprint density at radius 1 is 1.07 bits per heavy atom. The highest BCUT2D eigenvalue weighted by Crippen LogP contribution is 2.30.